The second-order valence-electron chi connectivity index (χ2n) is 2.98. The molecule has 2 aliphatic carbocycles. The van der Waals surface area contributed by atoms with Crippen molar-refractivity contribution in [3.63, 3.8) is 0 Å². The van der Waals surface area contributed by atoms with Crippen molar-refractivity contribution in [3.8, 4) is 0 Å². The van der Waals surface area contributed by atoms with Crippen molar-refractivity contribution in [1.29, 1.82) is 0 Å². The van der Waals surface area contributed by atoms with Crippen molar-refractivity contribution in [2.75, 3.05) is 0 Å². The first kappa shape index (κ1) is 22.8. The monoisotopic (exact) mass is 332 g/mol. The minimum Gasteiger partial charge on any atom is -0.358 e. The third-order valence-corrected chi connectivity index (χ3v) is 1.83. The van der Waals surface area contributed by atoms with Crippen molar-refractivity contribution in [2.24, 2.45) is 0 Å². The summed E-state index contributed by atoms with van der Waals surface area (Å²) in [5, 5.41) is 0. The Bertz CT molecular complexity index is 294. The van der Waals surface area contributed by atoms with Crippen LogP contribution >= 0.6 is 0 Å². The fraction of sp³-hybridized carbons (Fsp3) is 0.286. The molecule has 18 heavy (non-hydrogen) atoms. The van der Waals surface area contributed by atoms with Crippen molar-refractivity contribution in [2.45, 2.75) is 25.4 Å². The molecule has 1 unspecified atom stereocenters. The van der Waals surface area contributed by atoms with Crippen LogP contribution in [0.25, 0.3) is 0 Å². The third kappa shape index (κ3) is 8.68. The van der Waals surface area contributed by atoms with Gasteiger partial charge in [0.15, 0.2) is 6.17 Å². The van der Waals surface area contributed by atoms with Crippen molar-refractivity contribution in [1.82, 2.24) is 0 Å². The number of hydrogen-bond acceptors (Lipinski definition) is 0. The Balaban J connectivity index is -0.000000245. The van der Waals surface area contributed by atoms with E-state index >= 15 is 0 Å². The zero-order valence-corrected chi connectivity index (χ0v) is 13.0. The van der Waals surface area contributed by atoms with Crippen LogP contribution in [0.15, 0.2) is 36.0 Å². The Hall–Kier alpha value is -0.367. The van der Waals surface area contributed by atoms with Gasteiger partial charge in [0.2, 0.25) is 0 Å². The van der Waals surface area contributed by atoms with E-state index in [-0.39, 0.29) is 46.6 Å². The maximum atomic E-state index is 12.3. The number of rotatable bonds is 2. The van der Waals surface area contributed by atoms with Crippen LogP contribution in [0, 0.1) is 27.0 Å². The van der Waals surface area contributed by atoms with Gasteiger partial charge < -0.3 is 14.9 Å². The van der Waals surface area contributed by atoms with E-state index in [1.165, 1.54) is 6.08 Å². The van der Waals surface area contributed by atoms with E-state index in [2.05, 4.69) is 18.2 Å². The van der Waals surface area contributed by atoms with E-state index in [1.54, 1.807) is 6.08 Å². The zero-order chi connectivity index (χ0) is 11.1. The molecular weight excluding hydrogens is 316 g/mol. The Morgan fingerprint density at radius 1 is 1.06 bits per heavy atom. The summed E-state index contributed by atoms with van der Waals surface area (Å²) in [6.45, 7) is 0. The van der Waals surface area contributed by atoms with Gasteiger partial charge in [0.1, 0.15) is 0 Å². The molecule has 1 atom stereocenters. The molecule has 0 aliphatic heterocycles. The van der Waals surface area contributed by atoms with Crippen LogP contribution in [0.1, 0.15) is 12.8 Å². The molecule has 98 valence electrons. The van der Waals surface area contributed by atoms with Gasteiger partial charge in [0, 0.05) is 0 Å². The number of halogens is 3. The second kappa shape index (κ2) is 13.1. The molecule has 0 amide bonds. The molecule has 2 aliphatic rings. The van der Waals surface area contributed by atoms with Crippen LogP contribution in [0.2, 0.25) is 0 Å². The van der Waals surface area contributed by atoms with Gasteiger partial charge in [-0.1, -0.05) is 0 Å². The first-order valence-electron chi connectivity index (χ1n) is 4.63. The summed E-state index contributed by atoms with van der Waals surface area (Å²) >= 11 is 0. The second-order valence-corrected chi connectivity index (χ2v) is 2.98. The van der Waals surface area contributed by atoms with E-state index in [4.69, 9.17) is 0 Å². The Kier molecular flexibility index (Phi) is 16.5. The number of hydrogen-bond donors (Lipinski definition) is 0. The van der Waals surface area contributed by atoms with Crippen molar-refractivity contribution >= 4 is 0 Å². The molecule has 0 N–H and O–H groups in total. The summed E-state index contributed by atoms with van der Waals surface area (Å²) in [4.78, 5) is 0. The van der Waals surface area contributed by atoms with Gasteiger partial charge in [-0.3, -0.25) is 12.2 Å². The molecule has 0 aromatic heterocycles. The Morgan fingerprint density at radius 3 is 2.00 bits per heavy atom. The molecule has 4 heteroatoms. The summed E-state index contributed by atoms with van der Waals surface area (Å²) in [5.41, 5.74) is -0.0185. The van der Waals surface area contributed by atoms with Gasteiger partial charge >= 0.3 is 26.2 Å². The Morgan fingerprint density at radius 2 is 1.72 bits per heavy atom. The van der Waals surface area contributed by atoms with E-state index < -0.39 is 12.6 Å². The molecular formula is C14H17F3Zr. The van der Waals surface area contributed by atoms with Crippen LogP contribution in [-0.2, 0) is 26.2 Å². The average Bonchev–Trinajstić information content (AvgIpc) is 2.92. The molecule has 0 aromatic rings. The smallest absolute Gasteiger partial charge is 0.358 e. The van der Waals surface area contributed by atoms with E-state index in [0.29, 0.717) is 6.42 Å². The van der Waals surface area contributed by atoms with Crippen molar-refractivity contribution < 1.29 is 39.4 Å². The topological polar surface area (TPSA) is 0 Å². The van der Waals surface area contributed by atoms with E-state index in [0.717, 1.165) is 6.42 Å². The number of allylic oxidation sites excluding steroid dienone is 8. The predicted octanol–water partition coefficient (Wildman–Crippen LogP) is 4.48. The fourth-order valence-electron chi connectivity index (χ4n) is 1.09. The average molecular weight is 334 g/mol. The fourth-order valence-corrected chi connectivity index (χ4v) is 1.09. The molecule has 0 radical (unpaired) electrons. The van der Waals surface area contributed by atoms with Gasteiger partial charge in [-0.05, 0) is 0 Å². The van der Waals surface area contributed by atoms with Gasteiger partial charge in [0.05, 0.1) is 0 Å². The molecule has 0 heterocycles. The van der Waals surface area contributed by atoms with Crippen LogP contribution < -0.4 is 0 Å². The maximum Gasteiger partial charge on any atom is 4.00 e. The minimum atomic E-state index is -2.93. The summed E-state index contributed by atoms with van der Waals surface area (Å²) in [6.07, 6.45) is 10.8. The molecule has 0 nitrogen and oxygen atoms in total. The van der Waals surface area contributed by atoms with Crippen molar-refractivity contribution in [3.05, 3.63) is 63.0 Å². The molecule has 0 bridgehead atoms. The quantitative estimate of drug-likeness (QED) is 0.654. The molecule has 0 saturated heterocycles. The first-order valence-corrected chi connectivity index (χ1v) is 4.63. The largest absolute Gasteiger partial charge is 4.00 e. The minimum absolute atomic E-state index is 0. The molecule has 0 aromatic carbocycles. The first-order chi connectivity index (χ1) is 7.22. The summed E-state index contributed by atoms with van der Waals surface area (Å²) in [5.74, 6) is 0. The summed E-state index contributed by atoms with van der Waals surface area (Å²) in [6, 6.07) is 0. The van der Waals surface area contributed by atoms with Gasteiger partial charge in [0.25, 0.3) is 6.43 Å². The summed E-state index contributed by atoms with van der Waals surface area (Å²) < 4.78 is 35.6. The van der Waals surface area contributed by atoms with Gasteiger partial charge in [-0.15, -0.1) is 12.8 Å². The van der Waals surface area contributed by atoms with Gasteiger partial charge in [-0.25, -0.2) is 31.4 Å². The van der Waals surface area contributed by atoms with Gasteiger partial charge in [-0.2, -0.15) is 17.7 Å². The predicted molar refractivity (Wildman–Crippen MR) is 65.8 cm³/mol. The molecule has 2 rings (SSSR count). The molecule has 0 saturated carbocycles. The van der Waals surface area contributed by atoms with Crippen LogP contribution in [0.5, 0.6) is 0 Å². The van der Waals surface area contributed by atoms with Crippen LogP contribution in [0.3, 0.4) is 0 Å². The standard InChI is InChI=1S/C7H6F3.C5H5.2CH3.Zr/c8-6(7(9)10)5-3-1-2-4-5;1-2-4-5-3-1;;;/h1,3,6-7H,2H2;1-3H,4H2;2*1H3;/q4*-1;+4. The molecule has 0 spiro atoms. The third-order valence-electron chi connectivity index (χ3n) is 1.83. The van der Waals surface area contributed by atoms with Crippen LogP contribution in [0.4, 0.5) is 13.2 Å². The maximum absolute atomic E-state index is 12.3. The SMILES string of the molecule is FC(F)C(F)C1=[C-]CC=C1.[C-]1=CC=CC1.[CH3-].[CH3-].[Zr+4]. The summed E-state index contributed by atoms with van der Waals surface area (Å²) in [7, 11) is 0. The normalized spacial score (nSPS) is 15.9. The van der Waals surface area contributed by atoms with Crippen LogP contribution in [-0.4, -0.2) is 12.6 Å². The Labute approximate surface area is 127 Å². The zero-order valence-electron chi connectivity index (χ0n) is 10.6. The van der Waals surface area contributed by atoms with E-state index in [1.807, 2.05) is 12.2 Å². The molecule has 0 fully saturated rings. The van der Waals surface area contributed by atoms with E-state index in [9.17, 15) is 13.2 Å². The number of alkyl halides is 3.